The molecule has 5 rings (SSSR count). The lowest BCUT2D eigenvalue weighted by atomic mass is 9.87. The number of hydrazone groups is 1. The van der Waals surface area contributed by atoms with Crippen LogP contribution in [-0.4, -0.2) is 35.8 Å². The maximum absolute atomic E-state index is 13.1. The highest BCUT2D eigenvalue weighted by atomic mass is 35.5. The van der Waals surface area contributed by atoms with Gasteiger partial charge in [-0.2, -0.15) is 0 Å². The van der Waals surface area contributed by atoms with E-state index in [1.54, 1.807) is 29.0 Å². The van der Waals surface area contributed by atoms with Gasteiger partial charge in [-0.1, -0.05) is 59.6 Å². The van der Waals surface area contributed by atoms with Crippen molar-refractivity contribution in [1.82, 2.24) is 4.90 Å². The third-order valence-corrected chi connectivity index (χ3v) is 6.23. The summed E-state index contributed by atoms with van der Waals surface area (Å²) >= 11 is 6.49. The summed E-state index contributed by atoms with van der Waals surface area (Å²) in [6.07, 6.45) is 0. The van der Waals surface area contributed by atoms with Gasteiger partial charge in [0.1, 0.15) is 6.54 Å². The number of carbonyl (C=O) groups is 2. The summed E-state index contributed by atoms with van der Waals surface area (Å²) in [6.45, 7) is 3.81. The zero-order valence-electron chi connectivity index (χ0n) is 18.8. The third-order valence-electron chi connectivity index (χ3n) is 5.99. The zero-order valence-corrected chi connectivity index (χ0v) is 19.5. The molecule has 0 saturated carbocycles. The van der Waals surface area contributed by atoms with E-state index in [4.69, 9.17) is 21.4 Å². The second-order valence-electron chi connectivity index (χ2n) is 8.15. The summed E-state index contributed by atoms with van der Waals surface area (Å²) in [7, 11) is 0. The van der Waals surface area contributed by atoms with E-state index >= 15 is 0 Å². The predicted molar refractivity (Wildman–Crippen MR) is 132 cm³/mol. The Kier molecular flexibility index (Phi) is 5.49. The van der Waals surface area contributed by atoms with E-state index < -0.39 is 11.6 Å². The Morgan fingerprint density at radius 3 is 2.56 bits per heavy atom. The highest BCUT2D eigenvalue weighted by molar-refractivity contribution is 6.37. The fourth-order valence-electron chi connectivity index (χ4n) is 4.57. The molecule has 34 heavy (non-hydrogen) atoms. The molecule has 3 aromatic carbocycles. The molecule has 7 nitrogen and oxygen atoms in total. The van der Waals surface area contributed by atoms with Crippen molar-refractivity contribution in [2.45, 2.75) is 19.5 Å². The summed E-state index contributed by atoms with van der Waals surface area (Å²) in [5.41, 5.74) is 2.78. The number of ether oxygens (including phenoxy) is 1. The number of hydrogen-bond donors (Lipinski definition) is 1. The van der Waals surface area contributed by atoms with Crippen molar-refractivity contribution in [2.24, 2.45) is 5.10 Å². The molecule has 0 spiro atoms. The smallest absolute Gasteiger partial charge is 0.376 e. The first-order valence-electron chi connectivity index (χ1n) is 11.0. The molecular formula is C26H23ClN4O3. The highest BCUT2D eigenvalue weighted by Gasteiger charge is 2.57. The fraction of sp³-hybridized carbons (Fsp3) is 0.192. The van der Waals surface area contributed by atoms with Crippen LogP contribution in [0.5, 0.6) is 0 Å². The number of anilines is 2. The molecule has 0 aliphatic carbocycles. The minimum absolute atomic E-state index is 0.0502. The maximum Gasteiger partial charge on any atom is 0.376 e. The summed E-state index contributed by atoms with van der Waals surface area (Å²) in [6, 6.07) is 22.8. The molecule has 0 unspecified atom stereocenters. The molecule has 0 bridgehead atoms. The lowest BCUT2D eigenvalue weighted by molar-refractivity contribution is -0.136. The molecule has 1 N–H and O–H groups in total. The van der Waals surface area contributed by atoms with Crippen molar-refractivity contribution in [3.63, 3.8) is 0 Å². The van der Waals surface area contributed by atoms with Crippen molar-refractivity contribution in [2.75, 3.05) is 23.5 Å². The van der Waals surface area contributed by atoms with Crippen LogP contribution in [0.3, 0.4) is 0 Å². The van der Waals surface area contributed by atoms with Gasteiger partial charge < -0.3 is 15.0 Å². The molecule has 1 atom stereocenters. The average molecular weight is 475 g/mol. The van der Waals surface area contributed by atoms with Crippen LogP contribution in [0.25, 0.3) is 0 Å². The number of halogens is 1. The molecule has 0 fully saturated rings. The molecule has 0 aromatic heterocycles. The SMILES string of the molecule is CCOC(=O)C1=NN(c2ccc(C)cc2)[C@]2(c3ccccc3)c3cc(Cl)ccc3NC(=O)CN12. The summed E-state index contributed by atoms with van der Waals surface area (Å²) in [5.74, 6) is -0.825. The Morgan fingerprint density at radius 2 is 1.85 bits per heavy atom. The first-order valence-corrected chi connectivity index (χ1v) is 11.4. The van der Waals surface area contributed by atoms with Crippen molar-refractivity contribution in [1.29, 1.82) is 0 Å². The topological polar surface area (TPSA) is 74.2 Å². The van der Waals surface area contributed by atoms with Crippen LogP contribution >= 0.6 is 11.6 Å². The third kappa shape index (κ3) is 3.40. The number of aryl methyl sites for hydroxylation is 1. The monoisotopic (exact) mass is 474 g/mol. The Labute approximate surface area is 202 Å². The highest BCUT2D eigenvalue weighted by Crippen LogP contribution is 2.50. The average Bonchev–Trinajstić information content (AvgIpc) is 3.10. The molecule has 2 aliphatic heterocycles. The largest absolute Gasteiger partial charge is 0.460 e. The summed E-state index contributed by atoms with van der Waals surface area (Å²) in [4.78, 5) is 27.9. The quantitative estimate of drug-likeness (QED) is 0.563. The van der Waals surface area contributed by atoms with Gasteiger partial charge in [0.15, 0.2) is 5.66 Å². The van der Waals surface area contributed by atoms with E-state index in [0.29, 0.717) is 16.3 Å². The van der Waals surface area contributed by atoms with Gasteiger partial charge in [-0.05, 0) is 44.2 Å². The number of amides is 1. The molecule has 0 saturated heterocycles. The number of rotatable bonds is 4. The first kappa shape index (κ1) is 22.0. The Morgan fingerprint density at radius 1 is 1.12 bits per heavy atom. The number of esters is 1. The molecule has 1 amide bonds. The number of nitrogens with one attached hydrogen (secondary N) is 1. The Bertz CT molecular complexity index is 1290. The predicted octanol–water partition coefficient (Wildman–Crippen LogP) is 4.50. The van der Waals surface area contributed by atoms with E-state index in [9.17, 15) is 9.59 Å². The zero-order chi connectivity index (χ0) is 23.9. The van der Waals surface area contributed by atoms with Crippen LogP contribution in [0.2, 0.25) is 5.02 Å². The van der Waals surface area contributed by atoms with Gasteiger partial charge in [-0.25, -0.2) is 9.80 Å². The summed E-state index contributed by atoms with van der Waals surface area (Å²) < 4.78 is 5.35. The van der Waals surface area contributed by atoms with E-state index in [1.165, 1.54) is 0 Å². The van der Waals surface area contributed by atoms with Gasteiger partial charge in [-0.15, -0.1) is 5.10 Å². The number of amidine groups is 1. The van der Waals surface area contributed by atoms with Crippen LogP contribution in [0.1, 0.15) is 23.6 Å². The molecule has 2 heterocycles. The van der Waals surface area contributed by atoms with Crippen molar-refractivity contribution in [3.05, 3.63) is 94.5 Å². The van der Waals surface area contributed by atoms with Gasteiger partial charge >= 0.3 is 5.97 Å². The minimum Gasteiger partial charge on any atom is -0.460 e. The molecular weight excluding hydrogens is 452 g/mol. The van der Waals surface area contributed by atoms with Crippen LogP contribution in [-0.2, 0) is 20.0 Å². The summed E-state index contributed by atoms with van der Waals surface area (Å²) in [5, 5.41) is 10.0. The molecule has 0 radical (unpaired) electrons. The van der Waals surface area contributed by atoms with E-state index in [2.05, 4.69) is 5.32 Å². The fourth-order valence-corrected chi connectivity index (χ4v) is 4.74. The van der Waals surface area contributed by atoms with E-state index in [0.717, 1.165) is 16.8 Å². The standard InChI is InChI=1S/C26H23ClN4O3/c1-3-34-25(33)24-29-31(20-12-9-17(2)10-13-20)26(18-7-5-4-6-8-18)21-15-19(27)11-14-22(21)28-23(32)16-30(24)26/h4-15H,3,16H2,1-2H3,(H,28,32)/t26-/m1/s1. The van der Waals surface area contributed by atoms with Gasteiger partial charge in [0.25, 0.3) is 0 Å². The maximum atomic E-state index is 13.1. The lowest BCUT2D eigenvalue weighted by Gasteiger charge is -2.44. The number of fused-ring (bicyclic) bond motifs is 3. The van der Waals surface area contributed by atoms with Crippen molar-refractivity contribution >= 4 is 40.7 Å². The Balaban J connectivity index is 1.88. The lowest BCUT2D eigenvalue weighted by Crippen LogP contribution is -2.56. The van der Waals surface area contributed by atoms with Crippen molar-refractivity contribution < 1.29 is 14.3 Å². The van der Waals surface area contributed by atoms with Crippen LogP contribution in [0.15, 0.2) is 77.9 Å². The normalized spacial score (nSPS) is 19.0. The Hall–Kier alpha value is -3.84. The van der Waals surface area contributed by atoms with Gasteiger partial charge in [-0.3, -0.25) is 4.79 Å². The second-order valence-corrected chi connectivity index (χ2v) is 8.59. The van der Waals surface area contributed by atoms with Crippen molar-refractivity contribution in [3.8, 4) is 0 Å². The van der Waals surface area contributed by atoms with E-state index in [1.807, 2.05) is 67.6 Å². The number of nitrogens with zero attached hydrogens (tertiary/aromatic N) is 3. The number of benzene rings is 3. The van der Waals surface area contributed by atoms with Gasteiger partial charge in [0.05, 0.1) is 12.3 Å². The van der Waals surface area contributed by atoms with Gasteiger partial charge in [0.2, 0.25) is 11.7 Å². The van der Waals surface area contributed by atoms with Crippen LogP contribution in [0, 0.1) is 6.92 Å². The van der Waals surface area contributed by atoms with Crippen LogP contribution < -0.4 is 10.3 Å². The minimum atomic E-state index is -1.17. The number of carbonyl (C=O) groups excluding carboxylic acids is 2. The molecule has 2 aliphatic rings. The number of hydrogen-bond acceptors (Lipinski definition) is 6. The molecule has 8 heteroatoms. The van der Waals surface area contributed by atoms with E-state index in [-0.39, 0.29) is 24.9 Å². The second kappa shape index (κ2) is 8.50. The molecule has 172 valence electrons. The van der Waals surface area contributed by atoms with Crippen LogP contribution in [0.4, 0.5) is 11.4 Å². The molecule has 3 aromatic rings. The van der Waals surface area contributed by atoms with Gasteiger partial charge in [0, 0.05) is 21.8 Å². The first-order chi connectivity index (χ1) is 16.4.